The van der Waals surface area contributed by atoms with Crippen molar-refractivity contribution in [3.8, 4) is 0 Å². The summed E-state index contributed by atoms with van der Waals surface area (Å²) in [6.07, 6.45) is 0. The van der Waals surface area contributed by atoms with Crippen molar-refractivity contribution >= 4 is 35.8 Å². The lowest BCUT2D eigenvalue weighted by Crippen LogP contribution is -2.38. The van der Waals surface area contributed by atoms with Gasteiger partial charge in [0.1, 0.15) is 5.82 Å². The van der Waals surface area contributed by atoms with E-state index in [-0.39, 0.29) is 41.7 Å². The summed E-state index contributed by atoms with van der Waals surface area (Å²) in [6.45, 7) is 6.69. The van der Waals surface area contributed by atoms with Gasteiger partial charge < -0.3 is 16.0 Å². The van der Waals surface area contributed by atoms with E-state index in [4.69, 9.17) is 0 Å². The highest BCUT2D eigenvalue weighted by Gasteiger charge is 2.10. The summed E-state index contributed by atoms with van der Waals surface area (Å²) in [7, 11) is 1.68. The first kappa shape index (κ1) is 23.9. The lowest BCUT2D eigenvalue weighted by Gasteiger charge is -2.19. The molecule has 5 nitrogen and oxygen atoms in total. The number of guanidine groups is 1. The number of benzene rings is 2. The third-order valence-electron chi connectivity index (χ3n) is 4.26. The number of amides is 1. The zero-order valence-electron chi connectivity index (χ0n) is 16.7. The number of aryl methyl sites for hydroxylation is 1. The lowest BCUT2D eigenvalue weighted by atomic mass is 10.1. The zero-order chi connectivity index (χ0) is 19.8. The topological polar surface area (TPSA) is 65.5 Å². The van der Waals surface area contributed by atoms with Gasteiger partial charge in [-0.25, -0.2) is 4.39 Å². The molecule has 0 saturated heterocycles. The highest BCUT2D eigenvalue weighted by Crippen LogP contribution is 2.16. The Balaban J connectivity index is 0.00000392. The van der Waals surface area contributed by atoms with Crippen molar-refractivity contribution < 1.29 is 9.18 Å². The zero-order valence-corrected chi connectivity index (χ0v) is 19.0. The van der Waals surface area contributed by atoms with E-state index in [0.29, 0.717) is 30.2 Å². The molecule has 2 aromatic carbocycles. The SMILES string of the molecule is CCNC(=O)c1cccc(CNC(=NC)NC(C)c2ccc(C)c(F)c2)c1.I. The minimum absolute atomic E-state index is 0. The molecule has 0 aliphatic rings. The third kappa shape index (κ3) is 6.78. The van der Waals surface area contributed by atoms with Gasteiger partial charge in [0.05, 0.1) is 6.04 Å². The highest BCUT2D eigenvalue weighted by molar-refractivity contribution is 14.0. The summed E-state index contributed by atoms with van der Waals surface area (Å²) in [5, 5.41) is 9.27. The number of nitrogens with zero attached hydrogens (tertiary/aromatic N) is 1. The number of aliphatic imine (C=N–C) groups is 1. The summed E-state index contributed by atoms with van der Waals surface area (Å²) in [5.74, 6) is 0.301. The van der Waals surface area contributed by atoms with Gasteiger partial charge in [0.15, 0.2) is 5.96 Å². The quantitative estimate of drug-likeness (QED) is 0.322. The van der Waals surface area contributed by atoms with Gasteiger partial charge in [0.2, 0.25) is 0 Å². The molecule has 0 radical (unpaired) electrons. The van der Waals surface area contributed by atoms with E-state index in [1.165, 1.54) is 6.07 Å². The van der Waals surface area contributed by atoms with Crippen LogP contribution in [-0.2, 0) is 6.54 Å². The van der Waals surface area contributed by atoms with Gasteiger partial charge in [-0.3, -0.25) is 9.79 Å². The predicted molar refractivity (Wildman–Crippen MR) is 123 cm³/mol. The van der Waals surface area contributed by atoms with Crippen molar-refractivity contribution in [3.63, 3.8) is 0 Å². The largest absolute Gasteiger partial charge is 0.352 e. The molecule has 28 heavy (non-hydrogen) atoms. The number of carbonyl (C=O) groups excluding carboxylic acids is 1. The van der Waals surface area contributed by atoms with Gasteiger partial charge in [0, 0.05) is 25.7 Å². The average Bonchev–Trinajstić information content (AvgIpc) is 2.67. The number of nitrogens with one attached hydrogen (secondary N) is 3. The van der Waals surface area contributed by atoms with Gasteiger partial charge >= 0.3 is 0 Å². The first-order chi connectivity index (χ1) is 12.9. The maximum Gasteiger partial charge on any atom is 0.251 e. The summed E-state index contributed by atoms with van der Waals surface area (Å²) < 4.78 is 13.8. The van der Waals surface area contributed by atoms with Crippen LogP contribution in [0.3, 0.4) is 0 Å². The molecule has 152 valence electrons. The summed E-state index contributed by atoms with van der Waals surface area (Å²) >= 11 is 0. The number of carbonyl (C=O) groups is 1. The Kier molecular flexibility index (Phi) is 9.92. The van der Waals surface area contributed by atoms with Crippen LogP contribution >= 0.6 is 24.0 Å². The van der Waals surface area contributed by atoms with Crippen molar-refractivity contribution in [3.05, 3.63) is 70.5 Å². The van der Waals surface area contributed by atoms with Crippen molar-refractivity contribution in [2.45, 2.75) is 33.4 Å². The van der Waals surface area contributed by atoms with Gasteiger partial charge in [0.25, 0.3) is 5.91 Å². The fourth-order valence-electron chi connectivity index (χ4n) is 2.63. The van der Waals surface area contributed by atoms with Crippen molar-refractivity contribution in [2.24, 2.45) is 4.99 Å². The first-order valence-corrected chi connectivity index (χ1v) is 9.05. The van der Waals surface area contributed by atoms with Crippen LogP contribution in [0.5, 0.6) is 0 Å². The molecule has 0 fully saturated rings. The first-order valence-electron chi connectivity index (χ1n) is 9.05. The van der Waals surface area contributed by atoms with E-state index in [0.717, 1.165) is 11.1 Å². The number of hydrogen-bond acceptors (Lipinski definition) is 2. The second-order valence-corrected chi connectivity index (χ2v) is 6.36. The van der Waals surface area contributed by atoms with Crippen LogP contribution < -0.4 is 16.0 Å². The van der Waals surface area contributed by atoms with E-state index < -0.39 is 0 Å². The summed E-state index contributed by atoms with van der Waals surface area (Å²) in [6, 6.07) is 12.5. The summed E-state index contributed by atoms with van der Waals surface area (Å²) in [4.78, 5) is 16.2. The minimum Gasteiger partial charge on any atom is -0.352 e. The van der Waals surface area contributed by atoms with E-state index in [1.54, 1.807) is 26.1 Å². The molecule has 0 spiro atoms. The second-order valence-electron chi connectivity index (χ2n) is 6.36. The van der Waals surface area contributed by atoms with Crippen LogP contribution in [0.25, 0.3) is 0 Å². The summed E-state index contributed by atoms with van der Waals surface area (Å²) in [5.41, 5.74) is 3.07. The van der Waals surface area contributed by atoms with Gasteiger partial charge in [-0.2, -0.15) is 0 Å². The van der Waals surface area contributed by atoms with E-state index in [9.17, 15) is 9.18 Å². The van der Waals surface area contributed by atoms with Crippen LogP contribution in [-0.4, -0.2) is 25.5 Å². The van der Waals surface area contributed by atoms with Crippen molar-refractivity contribution in [2.75, 3.05) is 13.6 Å². The Morgan fingerprint density at radius 1 is 1.18 bits per heavy atom. The smallest absolute Gasteiger partial charge is 0.251 e. The third-order valence-corrected chi connectivity index (χ3v) is 4.26. The molecule has 0 saturated carbocycles. The molecule has 0 aromatic heterocycles. The molecule has 0 heterocycles. The van der Waals surface area contributed by atoms with Gasteiger partial charge in [-0.05, 0) is 55.7 Å². The monoisotopic (exact) mass is 498 g/mol. The van der Waals surface area contributed by atoms with Crippen molar-refractivity contribution in [1.29, 1.82) is 0 Å². The molecule has 0 bridgehead atoms. The molecule has 2 aromatic rings. The van der Waals surface area contributed by atoms with E-state index >= 15 is 0 Å². The van der Waals surface area contributed by atoms with Crippen molar-refractivity contribution in [1.82, 2.24) is 16.0 Å². The molecular weight excluding hydrogens is 470 g/mol. The predicted octanol–water partition coefficient (Wildman–Crippen LogP) is 3.93. The standard InChI is InChI=1S/C21H27FN4O.HI/c1-5-24-20(27)18-8-6-7-16(11-18)13-25-21(23-4)26-15(3)17-10-9-14(2)19(22)12-17;/h6-12,15H,5,13H2,1-4H3,(H,24,27)(H2,23,25,26);1H. The normalized spacial score (nSPS) is 12.0. The molecule has 2 rings (SSSR count). The highest BCUT2D eigenvalue weighted by atomic mass is 127. The Morgan fingerprint density at radius 3 is 2.57 bits per heavy atom. The van der Waals surface area contributed by atoms with E-state index in [1.807, 2.05) is 38.1 Å². The molecule has 0 aliphatic carbocycles. The van der Waals surface area contributed by atoms with Crippen LogP contribution in [0.2, 0.25) is 0 Å². The maximum atomic E-state index is 13.8. The van der Waals surface area contributed by atoms with Gasteiger partial charge in [-0.15, -0.1) is 24.0 Å². The molecule has 1 amide bonds. The molecule has 1 unspecified atom stereocenters. The number of hydrogen-bond donors (Lipinski definition) is 3. The fourth-order valence-corrected chi connectivity index (χ4v) is 2.63. The second kappa shape index (κ2) is 11.6. The van der Waals surface area contributed by atoms with Crippen LogP contribution in [0.4, 0.5) is 4.39 Å². The van der Waals surface area contributed by atoms with Crippen LogP contribution in [0.1, 0.15) is 46.9 Å². The maximum absolute atomic E-state index is 13.8. The molecular formula is C21H28FIN4O. The minimum atomic E-state index is -0.216. The van der Waals surface area contributed by atoms with E-state index in [2.05, 4.69) is 20.9 Å². The molecule has 1 atom stereocenters. The number of rotatable bonds is 6. The Morgan fingerprint density at radius 2 is 1.93 bits per heavy atom. The number of halogens is 2. The van der Waals surface area contributed by atoms with Crippen LogP contribution in [0, 0.1) is 12.7 Å². The molecule has 0 aliphatic heterocycles. The molecule has 7 heteroatoms. The van der Waals surface area contributed by atoms with Crippen LogP contribution in [0.15, 0.2) is 47.5 Å². The average molecular weight is 498 g/mol. The lowest BCUT2D eigenvalue weighted by molar-refractivity contribution is 0.0955. The Labute approximate surface area is 183 Å². The molecule has 3 N–H and O–H groups in total. The Hall–Kier alpha value is -2.16. The Bertz CT molecular complexity index is 826. The van der Waals surface area contributed by atoms with Gasteiger partial charge in [-0.1, -0.05) is 24.3 Å². The fraction of sp³-hybridized carbons (Fsp3) is 0.333.